The maximum atomic E-state index is 14.1. The Balaban J connectivity index is 2.31. The molecule has 1 nitrogen and oxygen atoms in total. The highest BCUT2D eigenvalue weighted by atomic mass is 35.5. The quantitative estimate of drug-likeness (QED) is 0.656. The lowest BCUT2D eigenvalue weighted by atomic mass is 10.2. The van der Waals surface area contributed by atoms with Gasteiger partial charge in [0, 0.05) is 15.9 Å². The molecular weight excluding hydrogens is 311 g/mol. The fraction of sp³-hybridized carbons (Fsp3) is 0.0526. The second-order valence-electron chi connectivity index (χ2n) is 5.24. The van der Waals surface area contributed by atoms with Gasteiger partial charge in [-0.25, -0.2) is 0 Å². The molecule has 22 heavy (non-hydrogen) atoms. The van der Waals surface area contributed by atoms with Crippen LogP contribution in [0, 0.1) is 6.92 Å². The zero-order valence-corrected chi connectivity index (χ0v) is 13.9. The second kappa shape index (κ2) is 6.12. The van der Waals surface area contributed by atoms with Crippen LogP contribution in [0.2, 0.25) is 5.02 Å². The zero-order valence-electron chi connectivity index (χ0n) is 12.2. The molecule has 0 fully saturated rings. The average molecular weight is 327 g/mol. The first-order chi connectivity index (χ1) is 10.6. The maximum Gasteiger partial charge on any atom is 0.172 e. The molecule has 0 radical (unpaired) electrons. The van der Waals surface area contributed by atoms with Gasteiger partial charge in [0.1, 0.15) is 0 Å². The SMILES string of the molecule is Cc1ccc(P(=O)(c2ccccc2)c2ccccc2)c(Cl)c1. The standard InChI is InChI=1S/C19H16ClOP/c1-15-12-13-19(18(20)14-15)22(21,16-8-4-2-5-9-16)17-10-6-3-7-11-17/h2-14H,1H3. The van der Waals surface area contributed by atoms with E-state index in [0.717, 1.165) is 16.2 Å². The van der Waals surface area contributed by atoms with Crippen LogP contribution in [0.4, 0.5) is 0 Å². The molecule has 0 spiro atoms. The third-order valence-corrected chi connectivity index (χ3v) is 7.25. The summed E-state index contributed by atoms with van der Waals surface area (Å²) in [6.07, 6.45) is 0. The average Bonchev–Trinajstić information content (AvgIpc) is 2.56. The molecule has 110 valence electrons. The molecule has 0 aromatic heterocycles. The predicted octanol–water partition coefficient (Wildman–Crippen LogP) is 4.29. The Morgan fingerprint density at radius 1 is 0.773 bits per heavy atom. The molecule has 0 saturated heterocycles. The van der Waals surface area contributed by atoms with Crippen LogP contribution in [0.1, 0.15) is 5.56 Å². The molecule has 3 rings (SSSR count). The summed E-state index contributed by atoms with van der Waals surface area (Å²) in [4.78, 5) is 0. The first kappa shape index (κ1) is 15.1. The smallest absolute Gasteiger partial charge is 0.172 e. The monoisotopic (exact) mass is 326 g/mol. The molecule has 0 aliphatic heterocycles. The highest BCUT2D eigenvalue weighted by Crippen LogP contribution is 2.44. The van der Waals surface area contributed by atoms with Crippen molar-refractivity contribution in [3.8, 4) is 0 Å². The summed E-state index contributed by atoms with van der Waals surface area (Å²) < 4.78 is 14.1. The Labute approximate surface area is 136 Å². The Bertz CT molecular complexity index is 785. The van der Waals surface area contributed by atoms with Crippen LogP contribution in [-0.4, -0.2) is 0 Å². The highest BCUT2D eigenvalue weighted by Gasteiger charge is 2.31. The molecule has 0 heterocycles. The number of benzene rings is 3. The number of halogens is 1. The Morgan fingerprint density at radius 3 is 1.73 bits per heavy atom. The van der Waals surface area contributed by atoms with E-state index in [1.807, 2.05) is 85.8 Å². The molecule has 0 aliphatic rings. The Hall–Kier alpha value is -1.82. The van der Waals surface area contributed by atoms with E-state index in [0.29, 0.717) is 10.3 Å². The van der Waals surface area contributed by atoms with E-state index in [9.17, 15) is 4.57 Å². The van der Waals surface area contributed by atoms with Gasteiger partial charge in [0.25, 0.3) is 0 Å². The van der Waals surface area contributed by atoms with Crippen molar-refractivity contribution in [2.24, 2.45) is 0 Å². The van der Waals surface area contributed by atoms with Crippen molar-refractivity contribution in [2.45, 2.75) is 6.92 Å². The van der Waals surface area contributed by atoms with Crippen molar-refractivity contribution in [1.29, 1.82) is 0 Å². The molecular formula is C19H16ClOP. The Morgan fingerprint density at radius 2 is 1.27 bits per heavy atom. The third-order valence-electron chi connectivity index (χ3n) is 3.68. The van der Waals surface area contributed by atoms with Gasteiger partial charge in [-0.05, 0) is 24.6 Å². The van der Waals surface area contributed by atoms with Crippen LogP contribution in [0.3, 0.4) is 0 Å². The van der Waals surface area contributed by atoms with Crippen molar-refractivity contribution in [1.82, 2.24) is 0 Å². The van der Waals surface area contributed by atoms with Gasteiger partial charge < -0.3 is 4.57 Å². The molecule has 0 amide bonds. The molecule has 0 N–H and O–H groups in total. The van der Waals surface area contributed by atoms with E-state index in [1.165, 1.54) is 0 Å². The second-order valence-corrected chi connectivity index (χ2v) is 8.38. The minimum atomic E-state index is -2.97. The van der Waals surface area contributed by atoms with Crippen LogP contribution in [0.15, 0.2) is 78.9 Å². The lowest BCUT2D eigenvalue weighted by Crippen LogP contribution is -2.25. The van der Waals surface area contributed by atoms with Crippen molar-refractivity contribution in [3.05, 3.63) is 89.4 Å². The fourth-order valence-corrected chi connectivity index (χ4v) is 5.85. The van der Waals surface area contributed by atoms with E-state index in [2.05, 4.69) is 0 Å². The highest BCUT2D eigenvalue weighted by molar-refractivity contribution is 7.85. The maximum absolute atomic E-state index is 14.1. The van der Waals surface area contributed by atoms with Gasteiger partial charge in [-0.15, -0.1) is 0 Å². The lowest BCUT2D eigenvalue weighted by molar-refractivity contribution is 0.592. The molecule has 0 atom stereocenters. The van der Waals surface area contributed by atoms with Gasteiger partial charge in [-0.2, -0.15) is 0 Å². The van der Waals surface area contributed by atoms with Crippen molar-refractivity contribution >= 4 is 34.7 Å². The minimum Gasteiger partial charge on any atom is -0.309 e. The summed E-state index contributed by atoms with van der Waals surface area (Å²) in [6.45, 7) is 1.98. The molecule has 3 heteroatoms. The van der Waals surface area contributed by atoms with Gasteiger partial charge in [0.05, 0.1) is 5.02 Å². The molecule has 0 aliphatic carbocycles. The van der Waals surface area contributed by atoms with Gasteiger partial charge in [0.2, 0.25) is 0 Å². The number of hydrogen-bond acceptors (Lipinski definition) is 1. The number of aryl methyl sites for hydroxylation is 1. The number of rotatable bonds is 3. The van der Waals surface area contributed by atoms with Crippen molar-refractivity contribution in [2.75, 3.05) is 0 Å². The summed E-state index contributed by atoms with van der Waals surface area (Å²) in [5.41, 5.74) is 1.06. The zero-order chi connectivity index (χ0) is 15.6. The first-order valence-corrected chi connectivity index (χ1v) is 9.19. The normalized spacial score (nSPS) is 11.4. The number of hydrogen-bond donors (Lipinski definition) is 0. The predicted molar refractivity (Wildman–Crippen MR) is 95.6 cm³/mol. The van der Waals surface area contributed by atoms with E-state index >= 15 is 0 Å². The Kier molecular flexibility index (Phi) is 4.20. The van der Waals surface area contributed by atoms with E-state index in [1.54, 1.807) is 0 Å². The topological polar surface area (TPSA) is 17.1 Å². The molecule has 0 saturated carbocycles. The lowest BCUT2D eigenvalue weighted by Gasteiger charge is -2.21. The minimum absolute atomic E-state index is 0.552. The van der Waals surface area contributed by atoms with Crippen LogP contribution < -0.4 is 15.9 Å². The summed E-state index contributed by atoms with van der Waals surface area (Å²) in [7, 11) is -2.97. The van der Waals surface area contributed by atoms with Crippen LogP contribution in [0.25, 0.3) is 0 Å². The summed E-state index contributed by atoms with van der Waals surface area (Å²) in [5.74, 6) is 0. The fourth-order valence-electron chi connectivity index (χ4n) is 2.57. The molecule has 0 unspecified atom stereocenters. The summed E-state index contributed by atoms with van der Waals surface area (Å²) >= 11 is 6.44. The van der Waals surface area contributed by atoms with Crippen LogP contribution in [-0.2, 0) is 4.57 Å². The first-order valence-electron chi connectivity index (χ1n) is 7.10. The van der Waals surface area contributed by atoms with Gasteiger partial charge in [-0.1, -0.05) is 78.3 Å². The third kappa shape index (κ3) is 2.63. The van der Waals surface area contributed by atoms with Crippen LogP contribution >= 0.6 is 18.7 Å². The largest absolute Gasteiger partial charge is 0.309 e. The van der Waals surface area contributed by atoms with Crippen molar-refractivity contribution in [3.63, 3.8) is 0 Å². The summed E-state index contributed by atoms with van der Waals surface area (Å²) in [6, 6.07) is 24.8. The van der Waals surface area contributed by atoms with E-state index in [-0.39, 0.29) is 0 Å². The van der Waals surface area contributed by atoms with Crippen molar-refractivity contribution < 1.29 is 4.57 Å². The van der Waals surface area contributed by atoms with Crippen LogP contribution in [0.5, 0.6) is 0 Å². The van der Waals surface area contributed by atoms with E-state index < -0.39 is 7.14 Å². The molecule has 0 bridgehead atoms. The van der Waals surface area contributed by atoms with Gasteiger partial charge in [-0.3, -0.25) is 0 Å². The molecule has 3 aromatic carbocycles. The van der Waals surface area contributed by atoms with Gasteiger partial charge >= 0.3 is 0 Å². The molecule has 3 aromatic rings. The van der Waals surface area contributed by atoms with Gasteiger partial charge in [0.15, 0.2) is 7.14 Å². The van der Waals surface area contributed by atoms with E-state index in [4.69, 9.17) is 11.6 Å². The summed E-state index contributed by atoms with van der Waals surface area (Å²) in [5, 5.41) is 2.84.